The van der Waals surface area contributed by atoms with Crippen molar-refractivity contribution in [2.45, 2.75) is 10.1 Å². The average Bonchev–Trinajstić information content (AvgIpc) is 2.56. The van der Waals surface area contributed by atoms with Gasteiger partial charge in [-0.05, 0) is 28.3 Å². The Labute approximate surface area is 84.5 Å². The van der Waals surface area contributed by atoms with E-state index in [4.69, 9.17) is 5.73 Å². The van der Waals surface area contributed by atoms with Gasteiger partial charge in [-0.1, -0.05) is 0 Å². The minimum Gasteiger partial charge on any atom is -0.397 e. The van der Waals surface area contributed by atoms with Gasteiger partial charge in [0.05, 0.1) is 11.9 Å². The molecule has 7 heteroatoms. The van der Waals surface area contributed by atoms with Gasteiger partial charge in [-0.3, -0.25) is 4.98 Å². The van der Waals surface area contributed by atoms with Crippen LogP contribution in [0.15, 0.2) is 28.5 Å². The third-order valence-electron chi connectivity index (χ3n) is 1.59. The summed E-state index contributed by atoms with van der Waals surface area (Å²) in [6.45, 7) is 0. The topological polar surface area (TPSA) is 82.5 Å². The standard InChI is InChI=1S/C7H8N6S/c1-13-7(10-11-12-13)14-6-2-3-9-4-5(6)8/h2-4H,8H2,1H3. The summed E-state index contributed by atoms with van der Waals surface area (Å²) in [6, 6.07) is 1.83. The van der Waals surface area contributed by atoms with Gasteiger partial charge < -0.3 is 5.73 Å². The SMILES string of the molecule is Cn1nnnc1Sc1ccncc1N. The van der Waals surface area contributed by atoms with Crippen molar-refractivity contribution in [1.29, 1.82) is 0 Å². The molecule has 0 saturated carbocycles. The van der Waals surface area contributed by atoms with Crippen LogP contribution in [0.3, 0.4) is 0 Å². The van der Waals surface area contributed by atoms with E-state index in [-0.39, 0.29) is 0 Å². The molecule has 0 fully saturated rings. The number of anilines is 1. The third-order valence-corrected chi connectivity index (χ3v) is 2.71. The van der Waals surface area contributed by atoms with Crippen LogP contribution in [0.1, 0.15) is 0 Å². The van der Waals surface area contributed by atoms with E-state index in [1.54, 1.807) is 24.1 Å². The Morgan fingerprint density at radius 2 is 2.36 bits per heavy atom. The van der Waals surface area contributed by atoms with Gasteiger partial charge in [0.1, 0.15) is 0 Å². The monoisotopic (exact) mass is 208 g/mol. The lowest BCUT2D eigenvalue weighted by Crippen LogP contribution is -1.94. The summed E-state index contributed by atoms with van der Waals surface area (Å²) in [5.41, 5.74) is 6.35. The van der Waals surface area contributed by atoms with Crippen LogP contribution >= 0.6 is 11.8 Å². The number of pyridine rings is 1. The molecule has 2 rings (SSSR count). The van der Waals surface area contributed by atoms with Crippen LogP contribution in [-0.4, -0.2) is 25.2 Å². The van der Waals surface area contributed by atoms with Crippen molar-refractivity contribution in [3.8, 4) is 0 Å². The second-order valence-corrected chi connectivity index (χ2v) is 3.61. The highest BCUT2D eigenvalue weighted by Gasteiger charge is 2.06. The zero-order chi connectivity index (χ0) is 9.97. The fraction of sp³-hybridized carbons (Fsp3) is 0.143. The number of tetrazole rings is 1. The molecule has 72 valence electrons. The van der Waals surface area contributed by atoms with Gasteiger partial charge in [-0.25, -0.2) is 4.68 Å². The molecule has 0 bridgehead atoms. The quantitative estimate of drug-likeness (QED) is 0.766. The summed E-state index contributed by atoms with van der Waals surface area (Å²) in [7, 11) is 1.78. The number of rotatable bonds is 2. The average molecular weight is 208 g/mol. The van der Waals surface area contributed by atoms with Crippen molar-refractivity contribution in [3.05, 3.63) is 18.5 Å². The lowest BCUT2D eigenvalue weighted by atomic mass is 10.4. The van der Waals surface area contributed by atoms with Gasteiger partial charge in [-0.2, -0.15) is 0 Å². The Morgan fingerprint density at radius 3 is 3.00 bits per heavy atom. The molecule has 14 heavy (non-hydrogen) atoms. The zero-order valence-corrected chi connectivity index (χ0v) is 8.27. The molecule has 0 aliphatic rings. The van der Waals surface area contributed by atoms with Gasteiger partial charge in [0, 0.05) is 18.1 Å². The Kier molecular flexibility index (Phi) is 2.32. The number of hydrogen-bond donors (Lipinski definition) is 1. The van der Waals surface area contributed by atoms with E-state index in [1.165, 1.54) is 11.8 Å². The van der Waals surface area contributed by atoms with Crippen molar-refractivity contribution in [2.24, 2.45) is 7.05 Å². The molecule has 0 spiro atoms. The van der Waals surface area contributed by atoms with Crippen LogP contribution in [0.5, 0.6) is 0 Å². The minimum atomic E-state index is 0.625. The first-order valence-electron chi connectivity index (χ1n) is 3.87. The van der Waals surface area contributed by atoms with E-state index >= 15 is 0 Å². The minimum absolute atomic E-state index is 0.625. The van der Waals surface area contributed by atoms with Gasteiger partial charge in [-0.15, -0.1) is 5.10 Å². The predicted molar refractivity (Wildman–Crippen MR) is 51.6 cm³/mol. The fourth-order valence-electron chi connectivity index (χ4n) is 0.893. The Bertz CT molecular complexity index is 439. The molecule has 0 unspecified atom stereocenters. The van der Waals surface area contributed by atoms with Crippen molar-refractivity contribution >= 4 is 17.4 Å². The van der Waals surface area contributed by atoms with Crippen LogP contribution < -0.4 is 5.73 Å². The van der Waals surface area contributed by atoms with E-state index in [2.05, 4.69) is 20.5 Å². The predicted octanol–water partition coefficient (Wildman–Crippen LogP) is 0.338. The first kappa shape index (κ1) is 8.95. The molecular weight excluding hydrogens is 200 g/mol. The summed E-state index contributed by atoms with van der Waals surface area (Å²) in [4.78, 5) is 4.80. The zero-order valence-electron chi connectivity index (χ0n) is 7.45. The molecular formula is C7H8N6S. The van der Waals surface area contributed by atoms with Crippen molar-refractivity contribution in [2.75, 3.05) is 5.73 Å². The molecule has 0 atom stereocenters. The van der Waals surface area contributed by atoms with Crippen LogP contribution in [0.2, 0.25) is 0 Å². The molecule has 0 radical (unpaired) electrons. The Balaban J connectivity index is 2.28. The molecule has 0 aromatic carbocycles. The number of nitrogen functional groups attached to an aromatic ring is 1. The maximum atomic E-state index is 5.73. The molecule has 0 amide bonds. The lowest BCUT2D eigenvalue weighted by molar-refractivity contribution is 0.664. The summed E-state index contributed by atoms with van der Waals surface area (Å²) >= 11 is 1.41. The Hall–Kier alpha value is -1.63. The van der Waals surface area contributed by atoms with Crippen LogP contribution in [-0.2, 0) is 7.05 Å². The summed E-state index contributed by atoms with van der Waals surface area (Å²) in [5.74, 6) is 0. The normalized spacial score (nSPS) is 10.4. The van der Waals surface area contributed by atoms with E-state index in [9.17, 15) is 0 Å². The van der Waals surface area contributed by atoms with E-state index in [1.807, 2.05) is 6.07 Å². The van der Waals surface area contributed by atoms with Crippen LogP contribution in [0, 0.1) is 0 Å². The number of nitrogens with zero attached hydrogens (tertiary/aromatic N) is 5. The molecule has 2 N–H and O–H groups in total. The van der Waals surface area contributed by atoms with Crippen molar-refractivity contribution in [3.63, 3.8) is 0 Å². The molecule has 6 nitrogen and oxygen atoms in total. The third kappa shape index (κ3) is 1.67. The second-order valence-electron chi connectivity index (χ2n) is 2.60. The molecule has 2 heterocycles. The lowest BCUT2D eigenvalue weighted by Gasteiger charge is -2.01. The Morgan fingerprint density at radius 1 is 1.50 bits per heavy atom. The van der Waals surface area contributed by atoms with E-state index in [0.29, 0.717) is 10.8 Å². The molecule has 2 aromatic heterocycles. The molecule has 0 aliphatic heterocycles. The van der Waals surface area contributed by atoms with Gasteiger partial charge in [0.2, 0.25) is 5.16 Å². The van der Waals surface area contributed by atoms with Crippen LogP contribution in [0.4, 0.5) is 5.69 Å². The highest BCUT2D eigenvalue weighted by Crippen LogP contribution is 2.28. The van der Waals surface area contributed by atoms with Crippen molar-refractivity contribution < 1.29 is 0 Å². The van der Waals surface area contributed by atoms with Gasteiger partial charge >= 0.3 is 0 Å². The summed E-state index contributed by atoms with van der Waals surface area (Å²) < 4.78 is 1.59. The number of nitrogens with two attached hydrogens (primary N) is 1. The molecule has 0 aliphatic carbocycles. The van der Waals surface area contributed by atoms with E-state index in [0.717, 1.165) is 4.90 Å². The maximum absolute atomic E-state index is 5.73. The smallest absolute Gasteiger partial charge is 0.213 e. The van der Waals surface area contributed by atoms with Gasteiger partial charge in [0.15, 0.2) is 0 Å². The highest BCUT2D eigenvalue weighted by atomic mass is 32.2. The van der Waals surface area contributed by atoms with E-state index < -0.39 is 0 Å². The van der Waals surface area contributed by atoms with Gasteiger partial charge in [0.25, 0.3) is 0 Å². The van der Waals surface area contributed by atoms with Crippen molar-refractivity contribution in [1.82, 2.24) is 25.2 Å². The summed E-state index contributed by atoms with van der Waals surface area (Å²) in [6.07, 6.45) is 3.29. The summed E-state index contributed by atoms with van der Waals surface area (Å²) in [5, 5.41) is 11.8. The first-order valence-corrected chi connectivity index (χ1v) is 4.68. The molecule has 0 saturated heterocycles. The molecule has 2 aromatic rings. The number of aromatic nitrogens is 5. The second kappa shape index (κ2) is 3.62. The fourth-order valence-corrected chi connectivity index (χ4v) is 1.64. The largest absolute Gasteiger partial charge is 0.397 e. The highest BCUT2D eigenvalue weighted by molar-refractivity contribution is 7.99. The number of aryl methyl sites for hydroxylation is 1. The maximum Gasteiger partial charge on any atom is 0.213 e. The first-order chi connectivity index (χ1) is 6.77. The van der Waals surface area contributed by atoms with Crippen LogP contribution in [0.25, 0.3) is 0 Å². The number of hydrogen-bond acceptors (Lipinski definition) is 6.